The highest BCUT2D eigenvalue weighted by molar-refractivity contribution is 6.34. The van der Waals surface area contributed by atoms with Crippen molar-refractivity contribution in [3.8, 4) is 11.5 Å². The molecule has 0 saturated carbocycles. The maximum Gasteiger partial charge on any atom is 0.155 e. The van der Waals surface area contributed by atoms with Crippen LogP contribution in [-0.2, 0) is 0 Å². The number of hydrogen-bond donors (Lipinski definition) is 1. The molecule has 0 bridgehead atoms. The summed E-state index contributed by atoms with van der Waals surface area (Å²) in [7, 11) is 1.44. The Kier molecular flexibility index (Phi) is 2.55. The third-order valence-corrected chi connectivity index (χ3v) is 1.85. The first kappa shape index (κ1) is 8.87. The number of aldehydes is 1. The standard InChI is InChI=1S/C8H7ClO3/c1-12-7-3-2-6(11)5(4-10)8(7)9/h2-4,11H,1H3. The molecular weight excluding hydrogens is 180 g/mol. The van der Waals surface area contributed by atoms with Gasteiger partial charge in [-0.3, -0.25) is 4.79 Å². The Hall–Kier alpha value is -1.22. The van der Waals surface area contributed by atoms with Crippen LogP contribution in [0.3, 0.4) is 0 Å². The van der Waals surface area contributed by atoms with E-state index in [0.717, 1.165) is 0 Å². The molecule has 0 fully saturated rings. The van der Waals surface area contributed by atoms with Crippen molar-refractivity contribution in [1.82, 2.24) is 0 Å². The highest BCUT2D eigenvalue weighted by Crippen LogP contribution is 2.32. The van der Waals surface area contributed by atoms with E-state index in [2.05, 4.69) is 0 Å². The van der Waals surface area contributed by atoms with Gasteiger partial charge in [-0.25, -0.2) is 0 Å². The van der Waals surface area contributed by atoms with E-state index in [0.29, 0.717) is 12.0 Å². The first-order valence-corrected chi connectivity index (χ1v) is 3.59. The number of benzene rings is 1. The number of phenols is 1. The predicted molar refractivity (Wildman–Crippen MR) is 45.1 cm³/mol. The minimum Gasteiger partial charge on any atom is -0.507 e. The van der Waals surface area contributed by atoms with Gasteiger partial charge in [-0.2, -0.15) is 0 Å². The number of methoxy groups -OCH3 is 1. The lowest BCUT2D eigenvalue weighted by Gasteiger charge is -2.05. The van der Waals surface area contributed by atoms with Crippen molar-refractivity contribution < 1.29 is 14.6 Å². The van der Waals surface area contributed by atoms with Gasteiger partial charge in [0, 0.05) is 0 Å². The Labute approximate surface area is 74.5 Å². The molecule has 1 aromatic carbocycles. The van der Waals surface area contributed by atoms with Crippen LogP contribution in [0.1, 0.15) is 10.4 Å². The van der Waals surface area contributed by atoms with Crippen molar-refractivity contribution >= 4 is 17.9 Å². The molecule has 0 saturated heterocycles. The monoisotopic (exact) mass is 186 g/mol. The van der Waals surface area contributed by atoms with E-state index < -0.39 is 0 Å². The van der Waals surface area contributed by atoms with E-state index >= 15 is 0 Å². The fourth-order valence-corrected chi connectivity index (χ4v) is 1.11. The molecule has 0 atom stereocenters. The normalized spacial score (nSPS) is 9.50. The number of carbonyl (C=O) groups is 1. The molecule has 0 amide bonds. The number of aromatic hydroxyl groups is 1. The molecule has 1 aromatic rings. The quantitative estimate of drug-likeness (QED) is 0.718. The fourth-order valence-electron chi connectivity index (χ4n) is 0.832. The molecule has 0 radical (unpaired) electrons. The van der Waals surface area contributed by atoms with Crippen molar-refractivity contribution in [2.75, 3.05) is 7.11 Å². The Morgan fingerprint density at radius 3 is 2.75 bits per heavy atom. The smallest absolute Gasteiger partial charge is 0.155 e. The second-order valence-corrected chi connectivity index (χ2v) is 2.51. The molecule has 0 unspecified atom stereocenters. The van der Waals surface area contributed by atoms with Gasteiger partial charge in [0.1, 0.15) is 11.5 Å². The Balaban J connectivity index is 3.33. The van der Waals surface area contributed by atoms with Crippen LogP contribution in [0.15, 0.2) is 12.1 Å². The van der Waals surface area contributed by atoms with Crippen LogP contribution in [0.25, 0.3) is 0 Å². The average molecular weight is 187 g/mol. The lowest BCUT2D eigenvalue weighted by molar-refractivity contribution is 0.112. The van der Waals surface area contributed by atoms with E-state index in [4.69, 9.17) is 21.4 Å². The summed E-state index contributed by atoms with van der Waals surface area (Å²) in [6.45, 7) is 0. The molecule has 0 heterocycles. The lowest BCUT2D eigenvalue weighted by atomic mass is 10.2. The predicted octanol–water partition coefficient (Wildman–Crippen LogP) is 1.87. The van der Waals surface area contributed by atoms with Crippen LogP contribution in [0.4, 0.5) is 0 Å². The zero-order valence-electron chi connectivity index (χ0n) is 6.37. The summed E-state index contributed by atoms with van der Waals surface area (Å²) in [6, 6.07) is 2.85. The molecule has 0 aromatic heterocycles. The molecule has 64 valence electrons. The Morgan fingerprint density at radius 1 is 1.58 bits per heavy atom. The van der Waals surface area contributed by atoms with Crippen LogP contribution >= 0.6 is 11.6 Å². The van der Waals surface area contributed by atoms with Gasteiger partial charge in [-0.1, -0.05) is 11.6 Å². The summed E-state index contributed by atoms with van der Waals surface area (Å²) in [5, 5.41) is 9.27. The Bertz CT molecular complexity index is 309. The number of ether oxygens (including phenoxy) is 1. The van der Waals surface area contributed by atoms with Crippen LogP contribution in [0.5, 0.6) is 11.5 Å². The Morgan fingerprint density at radius 2 is 2.25 bits per heavy atom. The van der Waals surface area contributed by atoms with Gasteiger partial charge in [-0.15, -0.1) is 0 Å². The van der Waals surface area contributed by atoms with Crippen LogP contribution < -0.4 is 4.74 Å². The van der Waals surface area contributed by atoms with Gasteiger partial charge in [0.2, 0.25) is 0 Å². The number of hydrogen-bond acceptors (Lipinski definition) is 3. The SMILES string of the molecule is COc1ccc(O)c(C=O)c1Cl. The minimum absolute atomic E-state index is 0.0519. The van der Waals surface area contributed by atoms with Crippen molar-refractivity contribution in [3.63, 3.8) is 0 Å². The largest absolute Gasteiger partial charge is 0.507 e. The molecule has 3 nitrogen and oxygen atoms in total. The van der Waals surface area contributed by atoms with Crippen molar-refractivity contribution in [2.24, 2.45) is 0 Å². The summed E-state index contributed by atoms with van der Waals surface area (Å²) in [4.78, 5) is 10.4. The van der Waals surface area contributed by atoms with Crippen molar-refractivity contribution in [2.45, 2.75) is 0 Å². The number of carbonyl (C=O) groups excluding carboxylic acids is 1. The second-order valence-electron chi connectivity index (χ2n) is 2.13. The first-order chi connectivity index (χ1) is 5.70. The van der Waals surface area contributed by atoms with E-state index in [1.807, 2.05) is 0 Å². The number of phenolic OH excluding ortho intramolecular Hbond substituents is 1. The molecular formula is C8H7ClO3. The third kappa shape index (κ3) is 1.36. The molecule has 0 aliphatic carbocycles. The van der Waals surface area contributed by atoms with E-state index in [-0.39, 0.29) is 16.3 Å². The highest BCUT2D eigenvalue weighted by Gasteiger charge is 2.10. The van der Waals surface area contributed by atoms with E-state index in [1.165, 1.54) is 19.2 Å². The zero-order chi connectivity index (χ0) is 9.14. The summed E-state index contributed by atoms with van der Waals surface area (Å²) in [5.41, 5.74) is 0.0519. The van der Waals surface area contributed by atoms with Gasteiger partial charge in [-0.05, 0) is 12.1 Å². The molecule has 0 spiro atoms. The van der Waals surface area contributed by atoms with E-state index in [1.54, 1.807) is 0 Å². The molecule has 1 N–H and O–H groups in total. The molecule has 0 aliphatic heterocycles. The number of halogens is 1. The van der Waals surface area contributed by atoms with Gasteiger partial charge in [0.05, 0.1) is 17.7 Å². The maximum atomic E-state index is 10.4. The summed E-state index contributed by atoms with van der Waals surface area (Å²) in [5.74, 6) is 0.229. The average Bonchev–Trinajstić information content (AvgIpc) is 2.06. The second kappa shape index (κ2) is 3.45. The lowest BCUT2D eigenvalue weighted by Crippen LogP contribution is -1.89. The van der Waals surface area contributed by atoms with Crippen molar-refractivity contribution in [1.29, 1.82) is 0 Å². The van der Waals surface area contributed by atoms with Gasteiger partial charge >= 0.3 is 0 Å². The molecule has 0 aliphatic rings. The molecule has 4 heteroatoms. The fraction of sp³-hybridized carbons (Fsp3) is 0.125. The van der Waals surface area contributed by atoms with Crippen LogP contribution in [0, 0.1) is 0 Å². The summed E-state index contributed by atoms with van der Waals surface area (Å²) < 4.78 is 4.84. The molecule has 1 rings (SSSR count). The molecule has 12 heavy (non-hydrogen) atoms. The summed E-state index contributed by atoms with van der Waals surface area (Å²) >= 11 is 5.70. The third-order valence-electron chi connectivity index (χ3n) is 1.46. The minimum atomic E-state index is -0.143. The van der Waals surface area contributed by atoms with Gasteiger partial charge < -0.3 is 9.84 Å². The first-order valence-electron chi connectivity index (χ1n) is 3.21. The van der Waals surface area contributed by atoms with Crippen LogP contribution in [-0.4, -0.2) is 18.5 Å². The topological polar surface area (TPSA) is 46.5 Å². The summed E-state index contributed by atoms with van der Waals surface area (Å²) in [6.07, 6.45) is 0.486. The maximum absolute atomic E-state index is 10.4. The van der Waals surface area contributed by atoms with E-state index in [9.17, 15) is 4.79 Å². The number of rotatable bonds is 2. The zero-order valence-corrected chi connectivity index (χ0v) is 7.13. The van der Waals surface area contributed by atoms with Crippen LogP contribution in [0.2, 0.25) is 5.02 Å². The van der Waals surface area contributed by atoms with Gasteiger partial charge in [0.25, 0.3) is 0 Å². The van der Waals surface area contributed by atoms with Gasteiger partial charge in [0.15, 0.2) is 6.29 Å². The highest BCUT2D eigenvalue weighted by atomic mass is 35.5. The van der Waals surface area contributed by atoms with Crippen molar-refractivity contribution in [3.05, 3.63) is 22.7 Å².